The summed E-state index contributed by atoms with van der Waals surface area (Å²) < 4.78 is 13.4. The van der Waals surface area contributed by atoms with Gasteiger partial charge in [-0.25, -0.2) is 9.18 Å². The van der Waals surface area contributed by atoms with Crippen LogP contribution in [-0.2, 0) is 6.42 Å². The highest BCUT2D eigenvalue weighted by molar-refractivity contribution is 5.75. The molecule has 1 aromatic carbocycles. The molecule has 0 spiro atoms. The molecule has 1 aliphatic heterocycles. The number of hydrogen-bond donors (Lipinski definition) is 2. The Labute approximate surface area is 136 Å². The molecule has 2 N–H and O–H groups in total. The standard InChI is InChI=1S/C18H25FN2O2/c1-18(12-22)8-3-9-21(11-18)17(23)20-16-5-2-4-13-10-14(19)6-7-15(13)16/h6-7,10,16,22H,2-5,8-9,11-12H2,1H3,(H,20,23). The van der Waals surface area contributed by atoms with Gasteiger partial charge >= 0.3 is 6.03 Å². The number of carbonyl (C=O) groups is 1. The number of likely N-dealkylation sites (tertiary alicyclic amines) is 1. The lowest BCUT2D eigenvalue weighted by Crippen LogP contribution is -2.50. The molecular weight excluding hydrogens is 295 g/mol. The highest BCUT2D eigenvalue weighted by Gasteiger charge is 2.33. The van der Waals surface area contributed by atoms with Gasteiger partial charge < -0.3 is 15.3 Å². The van der Waals surface area contributed by atoms with E-state index in [0.717, 1.165) is 49.8 Å². The Morgan fingerprint density at radius 2 is 2.30 bits per heavy atom. The van der Waals surface area contributed by atoms with Gasteiger partial charge in [-0.1, -0.05) is 13.0 Å². The van der Waals surface area contributed by atoms with E-state index in [2.05, 4.69) is 5.32 Å². The fourth-order valence-electron chi connectivity index (χ4n) is 3.79. The largest absolute Gasteiger partial charge is 0.396 e. The van der Waals surface area contributed by atoms with Crippen molar-refractivity contribution < 1.29 is 14.3 Å². The van der Waals surface area contributed by atoms with Gasteiger partial charge in [-0.15, -0.1) is 0 Å². The highest BCUT2D eigenvalue weighted by Crippen LogP contribution is 2.32. The molecule has 1 aromatic rings. The number of carbonyl (C=O) groups excluding carboxylic acids is 1. The van der Waals surface area contributed by atoms with E-state index in [4.69, 9.17) is 0 Å². The van der Waals surface area contributed by atoms with Gasteiger partial charge in [0.15, 0.2) is 0 Å². The minimum absolute atomic E-state index is 0.0471. The molecule has 0 radical (unpaired) electrons. The van der Waals surface area contributed by atoms with Crippen LogP contribution in [-0.4, -0.2) is 35.7 Å². The Morgan fingerprint density at radius 3 is 3.09 bits per heavy atom. The number of amides is 2. The summed E-state index contributed by atoms with van der Waals surface area (Å²) >= 11 is 0. The Balaban J connectivity index is 1.69. The van der Waals surface area contributed by atoms with Crippen molar-refractivity contribution in [1.82, 2.24) is 10.2 Å². The van der Waals surface area contributed by atoms with E-state index < -0.39 is 0 Å². The Bertz CT molecular complexity index is 592. The van der Waals surface area contributed by atoms with E-state index >= 15 is 0 Å². The van der Waals surface area contributed by atoms with Gasteiger partial charge in [0.25, 0.3) is 0 Å². The summed E-state index contributed by atoms with van der Waals surface area (Å²) in [7, 11) is 0. The molecule has 0 bridgehead atoms. The summed E-state index contributed by atoms with van der Waals surface area (Å²) in [6, 6.07) is 4.72. The second kappa shape index (κ2) is 6.48. The van der Waals surface area contributed by atoms with Gasteiger partial charge in [-0.05, 0) is 55.4 Å². The second-order valence-electron chi connectivity index (χ2n) is 7.23. The van der Waals surface area contributed by atoms with E-state index in [0.29, 0.717) is 6.54 Å². The second-order valence-corrected chi connectivity index (χ2v) is 7.23. The minimum Gasteiger partial charge on any atom is -0.396 e. The van der Waals surface area contributed by atoms with E-state index in [1.165, 1.54) is 6.07 Å². The number of nitrogens with one attached hydrogen (secondary N) is 1. The molecule has 126 valence electrons. The monoisotopic (exact) mass is 320 g/mol. The smallest absolute Gasteiger partial charge is 0.317 e. The van der Waals surface area contributed by atoms with Gasteiger partial charge in [0.1, 0.15) is 5.82 Å². The SMILES string of the molecule is CC1(CO)CCCN(C(=O)NC2CCCc3cc(F)ccc32)C1. The van der Waals surface area contributed by atoms with Crippen molar-refractivity contribution in [2.45, 2.75) is 45.1 Å². The number of hydrogen-bond acceptors (Lipinski definition) is 2. The quantitative estimate of drug-likeness (QED) is 0.880. The number of nitrogens with zero attached hydrogens (tertiary/aromatic N) is 1. The molecule has 1 aliphatic carbocycles. The molecule has 5 heteroatoms. The molecule has 2 unspecified atom stereocenters. The summed E-state index contributed by atoms with van der Waals surface area (Å²) in [6.07, 6.45) is 4.56. The Morgan fingerprint density at radius 1 is 1.48 bits per heavy atom. The molecule has 0 aromatic heterocycles. The number of halogens is 1. The maximum absolute atomic E-state index is 13.4. The third-order valence-corrected chi connectivity index (χ3v) is 5.17. The normalized spacial score (nSPS) is 27.4. The number of benzene rings is 1. The molecule has 3 rings (SSSR count). The minimum atomic E-state index is -0.217. The summed E-state index contributed by atoms with van der Waals surface area (Å²) in [4.78, 5) is 14.4. The third-order valence-electron chi connectivity index (χ3n) is 5.17. The molecule has 1 heterocycles. The summed E-state index contributed by atoms with van der Waals surface area (Å²) in [5.74, 6) is -0.217. The van der Waals surface area contributed by atoms with Crippen LogP contribution in [0.5, 0.6) is 0 Å². The zero-order valence-corrected chi connectivity index (χ0v) is 13.6. The van der Waals surface area contributed by atoms with Crippen molar-refractivity contribution in [2.24, 2.45) is 5.41 Å². The first-order valence-corrected chi connectivity index (χ1v) is 8.45. The van der Waals surface area contributed by atoms with Crippen molar-refractivity contribution in [3.63, 3.8) is 0 Å². The average molecular weight is 320 g/mol. The van der Waals surface area contributed by atoms with Crippen molar-refractivity contribution in [1.29, 1.82) is 0 Å². The lowest BCUT2D eigenvalue weighted by molar-refractivity contribution is 0.0606. The number of piperidine rings is 1. The summed E-state index contributed by atoms with van der Waals surface area (Å²) in [5.41, 5.74) is 1.83. The van der Waals surface area contributed by atoms with Crippen LogP contribution >= 0.6 is 0 Å². The zero-order valence-electron chi connectivity index (χ0n) is 13.6. The first kappa shape index (κ1) is 16.2. The fourth-order valence-corrected chi connectivity index (χ4v) is 3.79. The van der Waals surface area contributed by atoms with Crippen molar-refractivity contribution in [3.05, 3.63) is 35.1 Å². The van der Waals surface area contributed by atoms with E-state index in [1.54, 1.807) is 17.0 Å². The Kier molecular flexibility index (Phi) is 4.57. The lowest BCUT2D eigenvalue weighted by Gasteiger charge is -2.40. The first-order valence-electron chi connectivity index (χ1n) is 8.45. The number of urea groups is 1. The highest BCUT2D eigenvalue weighted by atomic mass is 19.1. The number of aliphatic hydroxyl groups is 1. The van der Waals surface area contributed by atoms with Crippen LogP contribution in [0.15, 0.2) is 18.2 Å². The average Bonchev–Trinajstić information content (AvgIpc) is 2.55. The molecule has 4 nitrogen and oxygen atoms in total. The lowest BCUT2D eigenvalue weighted by atomic mass is 9.83. The number of aliphatic hydroxyl groups excluding tert-OH is 1. The number of aryl methyl sites for hydroxylation is 1. The van der Waals surface area contributed by atoms with Gasteiger partial charge in [-0.2, -0.15) is 0 Å². The van der Waals surface area contributed by atoms with Gasteiger partial charge in [0, 0.05) is 18.5 Å². The molecule has 2 amide bonds. The topological polar surface area (TPSA) is 52.6 Å². The molecule has 1 fully saturated rings. The predicted molar refractivity (Wildman–Crippen MR) is 86.6 cm³/mol. The number of fused-ring (bicyclic) bond motifs is 1. The van der Waals surface area contributed by atoms with Gasteiger partial charge in [-0.3, -0.25) is 0 Å². The maximum atomic E-state index is 13.4. The molecular formula is C18H25FN2O2. The van der Waals surface area contributed by atoms with Crippen LogP contribution < -0.4 is 5.32 Å². The number of rotatable bonds is 2. The predicted octanol–water partition coefficient (Wildman–Crippen LogP) is 3.01. The van der Waals surface area contributed by atoms with Crippen molar-refractivity contribution >= 4 is 6.03 Å². The van der Waals surface area contributed by atoms with Gasteiger partial charge in [0.05, 0.1) is 12.6 Å². The van der Waals surface area contributed by atoms with E-state index in [9.17, 15) is 14.3 Å². The van der Waals surface area contributed by atoms with E-state index in [-0.39, 0.29) is 29.9 Å². The van der Waals surface area contributed by atoms with Crippen LogP contribution in [0, 0.1) is 11.2 Å². The van der Waals surface area contributed by atoms with Gasteiger partial charge in [0.2, 0.25) is 0 Å². The fraction of sp³-hybridized carbons (Fsp3) is 0.611. The van der Waals surface area contributed by atoms with Crippen molar-refractivity contribution in [2.75, 3.05) is 19.7 Å². The molecule has 2 aliphatic rings. The molecule has 1 saturated heterocycles. The molecule has 2 atom stereocenters. The summed E-state index contributed by atoms with van der Waals surface area (Å²) in [5, 5.41) is 12.6. The van der Waals surface area contributed by atoms with Crippen LogP contribution in [0.1, 0.15) is 49.8 Å². The van der Waals surface area contributed by atoms with Crippen molar-refractivity contribution in [3.8, 4) is 0 Å². The first-order chi connectivity index (χ1) is 11.0. The summed E-state index contributed by atoms with van der Waals surface area (Å²) in [6.45, 7) is 3.43. The van der Waals surface area contributed by atoms with E-state index in [1.807, 2.05) is 6.92 Å². The zero-order chi connectivity index (χ0) is 16.4. The molecule has 23 heavy (non-hydrogen) atoms. The van der Waals surface area contributed by atoms with Crippen LogP contribution in [0.3, 0.4) is 0 Å². The van der Waals surface area contributed by atoms with Crippen LogP contribution in [0.2, 0.25) is 0 Å². The molecule has 0 saturated carbocycles. The Hall–Kier alpha value is -1.62. The van der Waals surface area contributed by atoms with Crippen LogP contribution in [0.4, 0.5) is 9.18 Å². The third kappa shape index (κ3) is 3.50. The maximum Gasteiger partial charge on any atom is 0.317 e. The van der Waals surface area contributed by atoms with Crippen LogP contribution in [0.25, 0.3) is 0 Å².